The molecule has 0 bridgehead atoms. The smallest absolute Gasteiger partial charge is 0.0861 e. The molecule has 3 heteroatoms. The van der Waals surface area contributed by atoms with E-state index in [1.165, 1.54) is 0 Å². The van der Waals surface area contributed by atoms with E-state index in [1.807, 2.05) is 13.8 Å². The minimum Gasteiger partial charge on any atom is -0.378 e. The van der Waals surface area contributed by atoms with Gasteiger partial charge in [-0.2, -0.15) is 0 Å². The summed E-state index contributed by atoms with van der Waals surface area (Å²) in [5.74, 6) is 0. The Bertz CT molecular complexity index is 162. The largest absolute Gasteiger partial charge is 0.378 e. The van der Waals surface area contributed by atoms with E-state index < -0.39 is 0 Å². The molecule has 0 saturated carbocycles. The molecule has 1 aliphatic rings. The molecule has 0 aromatic carbocycles. The molecule has 0 amide bonds. The summed E-state index contributed by atoms with van der Waals surface area (Å²) in [6.07, 6.45) is 0.276. The average molecular weight is 185 g/mol. The van der Waals surface area contributed by atoms with E-state index in [9.17, 15) is 0 Å². The van der Waals surface area contributed by atoms with Gasteiger partial charge >= 0.3 is 0 Å². The number of hydrogen-bond donors (Lipinski definition) is 0. The first-order valence-electron chi connectivity index (χ1n) is 4.82. The SMILES string of the molecule is C=C(COC(C)C)N1CCOCC1. The van der Waals surface area contributed by atoms with Gasteiger partial charge in [-0.15, -0.1) is 0 Å². The van der Waals surface area contributed by atoms with Crippen molar-refractivity contribution in [2.24, 2.45) is 0 Å². The molecule has 0 N–H and O–H groups in total. The molecule has 1 heterocycles. The maximum atomic E-state index is 5.47. The van der Waals surface area contributed by atoms with Crippen molar-refractivity contribution < 1.29 is 9.47 Å². The quantitative estimate of drug-likeness (QED) is 0.658. The Labute approximate surface area is 80.3 Å². The fraction of sp³-hybridized carbons (Fsp3) is 0.800. The van der Waals surface area contributed by atoms with Crippen molar-refractivity contribution in [1.29, 1.82) is 0 Å². The number of rotatable bonds is 4. The second kappa shape index (κ2) is 5.25. The monoisotopic (exact) mass is 185 g/mol. The van der Waals surface area contributed by atoms with Crippen LogP contribution in [-0.4, -0.2) is 43.9 Å². The third kappa shape index (κ3) is 3.79. The van der Waals surface area contributed by atoms with Crippen LogP contribution < -0.4 is 0 Å². The molecule has 0 atom stereocenters. The molecule has 1 saturated heterocycles. The second-order valence-corrected chi connectivity index (χ2v) is 3.53. The van der Waals surface area contributed by atoms with Gasteiger partial charge in [0.1, 0.15) is 0 Å². The van der Waals surface area contributed by atoms with Gasteiger partial charge < -0.3 is 14.4 Å². The van der Waals surface area contributed by atoms with Gasteiger partial charge in [-0.1, -0.05) is 6.58 Å². The summed E-state index contributed by atoms with van der Waals surface area (Å²) in [6, 6.07) is 0. The van der Waals surface area contributed by atoms with E-state index in [2.05, 4.69) is 11.5 Å². The minimum atomic E-state index is 0.276. The number of nitrogens with zero attached hydrogens (tertiary/aromatic N) is 1. The fourth-order valence-corrected chi connectivity index (χ4v) is 1.23. The summed E-state index contributed by atoms with van der Waals surface area (Å²) in [4.78, 5) is 2.23. The first-order chi connectivity index (χ1) is 6.20. The number of ether oxygens (including phenoxy) is 2. The molecule has 0 radical (unpaired) electrons. The summed E-state index contributed by atoms with van der Waals surface area (Å²) in [6.45, 7) is 12.2. The van der Waals surface area contributed by atoms with Gasteiger partial charge in [-0.25, -0.2) is 0 Å². The highest BCUT2D eigenvalue weighted by Gasteiger charge is 2.11. The molecule has 1 rings (SSSR count). The maximum absolute atomic E-state index is 5.47. The van der Waals surface area contributed by atoms with Crippen LogP contribution in [0.25, 0.3) is 0 Å². The Morgan fingerprint density at radius 3 is 2.62 bits per heavy atom. The average Bonchev–Trinajstić information content (AvgIpc) is 2.15. The molecule has 76 valence electrons. The van der Waals surface area contributed by atoms with Crippen molar-refractivity contribution in [2.75, 3.05) is 32.9 Å². The van der Waals surface area contributed by atoms with Gasteiger partial charge in [-0.3, -0.25) is 0 Å². The van der Waals surface area contributed by atoms with E-state index in [4.69, 9.17) is 9.47 Å². The normalized spacial score (nSPS) is 17.9. The summed E-state index contributed by atoms with van der Waals surface area (Å²) in [5, 5.41) is 0. The Kier molecular flexibility index (Phi) is 4.25. The zero-order chi connectivity index (χ0) is 9.68. The molecule has 0 spiro atoms. The number of morpholine rings is 1. The van der Waals surface area contributed by atoms with Crippen LogP contribution in [-0.2, 0) is 9.47 Å². The molecule has 13 heavy (non-hydrogen) atoms. The first kappa shape index (κ1) is 10.5. The van der Waals surface area contributed by atoms with Crippen molar-refractivity contribution in [3.8, 4) is 0 Å². The van der Waals surface area contributed by atoms with Crippen molar-refractivity contribution in [3.05, 3.63) is 12.3 Å². The van der Waals surface area contributed by atoms with Crippen LogP contribution in [0, 0.1) is 0 Å². The van der Waals surface area contributed by atoms with Crippen LogP contribution in [0.4, 0.5) is 0 Å². The van der Waals surface area contributed by atoms with Crippen LogP contribution in [0.5, 0.6) is 0 Å². The summed E-state index contributed by atoms with van der Waals surface area (Å²) in [7, 11) is 0. The highest BCUT2D eigenvalue weighted by Crippen LogP contribution is 2.06. The lowest BCUT2D eigenvalue weighted by Crippen LogP contribution is -2.36. The third-order valence-corrected chi connectivity index (χ3v) is 2.04. The zero-order valence-corrected chi connectivity index (χ0v) is 8.58. The Balaban J connectivity index is 2.21. The van der Waals surface area contributed by atoms with Crippen LogP contribution in [0.1, 0.15) is 13.8 Å². The molecule has 0 aromatic rings. The van der Waals surface area contributed by atoms with Gasteiger partial charge in [0.15, 0.2) is 0 Å². The molecule has 1 aliphatic heterocycles. The Morgan fingerprint density at radius 2 is 2.08 bits per heavy atom. The first-order valence-corrected chi connectivity index (χ1v) is 4.82. The molecular formula is C10H19NO2. The second-order valence-electron chi connectivity index (χ2n) is 3.53. The zero-order valence-electron chi connectivity index (χ0n) is 8.58. The summed E-state index contributed by atoms with van der Waals surface area (Å²) in [5.41, 5.74) is 1.07. The third-order valence-electron chi connectivity index (χ3n) is 2.04. The van der Waals surface area contributed by atoms with Gasteiger partial charge in [0.25, 0.3) is 0 Å². The van der Waals surface area contributed by atoms with Gasteiger partial charge in [0.2, 0.25) is 0 Å². The number of hydrogen-bond acceptors (Lipinski definition) is 3. The van der Waals surface area contributed by atoms with Gasteiger partial charge in [0, 0.05) is 18.8 Å². The van der Waals surface area contributed by atoms with Crippen molar-refractivity contribution in [1.82, 2.24) is 4.90 Å². The molecule has 0 unspecified atom stereocenters. The summed E-state index contributed by atoms with van der Waals surface area (Å²) < 4.78 is 10.7. The minimum absolute atomic E-state index is 0.276. The van der Waals surface area contributed by atoms with E-state index in [-0.39, 0.29) is 6.10 Å². The maximum Gasteiger partial charge on any atom is 0.0861 e. The van der Waals surface area contributed by atoms with Crippen LogP contribution >= 0.6 is 0 Å². The van der Waals surface area contributed by atoms with Gasteiger partial charge in [0.05, 0.1) is 25.9 Å². The van der Waals surface area contributed by atoms with Crippen LogP contribution in [0.2, 0.25) is 0 Å². The predicted molar refractivity (Wildman–Crippen MR) is 52.6 cm³/mol. The molecule has 1 fully saturated rings. The lowest BCUT2D eigenvalue weighted by Gasteiger charge is -2.30. The Hall–Kier alpha value is -0.540. The molecule has 0 aliphatic carbocycles. The van der Waals surface area contributed by atoms with Crippen molar-refractivity contribution >= 4 is 0 Å². The van der Waals surface area contributed by atoms with E-state index >= 15 is 0 Å². The highest BCUT2D eigenvalue weighted by molar-refractivity contribution is 4.95. The molecular weight excluding hydrogens is 166 g/mol. The Morgan fingerprint density at radius 1 is 1.46 bits per heavy atom. The lowest BCUT2D eigenvalue weighted by molar-refractivity contribution is 0.0333. The lowest BCUT2D eigenvalue weighted by atomic mass is 10.3. The predicted octanol–water partition coefficient (Wildman–Crippen LogP) is 1.26. The van der Waals surface area contributed by atoms with E-state index in [0.717, 1.165) is 32.0 Å². The summed E-state index contributed by atoms with van der Waals surface area (Å²) >= 11 is 0. The highest BCUT2D eigenvalue weighted by atomic mass is 16.5. The standard InChI is InChI=1S/C10H19NO2/c1-9(2)13-8-10(3)11-4-6-12-7-5-11/h9H,3-8H2,1-2H3. The van der Waals surface area contributed by atoms with Gasteiger partial charge in [-0.05, 0) is 13.8 Å². The fourth-order valence-electron chi connectivity index (χ4n) is 1.23. The van der Waals surface area contributed by atoms with Crippen molar-refractivity contribution in [2.45, 2.75) is 20.0 Å². The van der Waals surface area contributed by atoms with Crippen LogP contribution in [0.15, 0.2) is 12.3 Å². The topological polar surface area (TPSA) is 21.7 Å². The van der Waals surface area contributed by atoms with E-state index in [1.54, 1.807) is 0 Å². The molecule has 0 aromatic heterocycles. The van der Waals surface area contributed by atoms with Crippen molar-refractivity contribution in [3.63, 3.8) is 0 Å². The molecule has 3 nitrogen and oxygen atoms in total. The van der Waals surface area contributed by atoms with E-state index in [0.29, 0.717) is 6.61 Å². The van der Waals surface area contributed by atoms with Crippen LogP contribution in [0.3, 0.4) is 0 Å².